The second-order valence-electron chi connectivity index (χ2n) is 2.11. The molecule has 0 fully saturated rings. The number of carbonyl (C=O) groups is 1. The van der Waals surface area contributed by atoms with Crippen molar-refractivity contribution < 1.29 is 9.90 Å². The van der Waals surface area contributed by atoms with E-state index in [0.29, 0.717) is 0 Å². The minimum Gasteiger partial charge on any atom is -0.480 e. The molecule has 9 heavy (non-hydrogen) atoms. The van der Waals surface area contributed by atoms with E-state index in [9.17, 15) is 4.79 Å². The molecule has 0 aromatic carbocycles. The van der Waals surface area contributed by atoms with Crippen molar-refractivity contribution in [2.24, 2.45) is 11.7 Å². The lowest BCUT2D eigenvalue weighted by atomic mass is 10.1. The van der Waals surface area contributed by atoms with E-state index in [4.69, 9.17) is 10.8 Å². The van der Waals surface area contributed by atoms with Crippen LogP contribution in [0.15, 0.2) is 0 Å². The number of rotatable bonds is 2. The zero-order valence-electron chi connectivity index (χ0n) is 5.09. The Morgan fingerprint density at radius 3 is 1.89 bits per heavy atom. The minimum atomic E-state index is -0.931. The van der Waals surface area contributed by atoms with Gasteiger partial charge in [0.05, 0.1) is 8.41 Å². The largest absolute Gasteiger partial charge is 0.480 e. The Bertz CT molecular complexity index is 95.0. The minimum absolute atomic E-state index is 0. The van der Waals surface area contributed by atoms with Gasteiger partial charge in [-0.15, -0.1) is 0 Å². The molecule has 0 saturated carbocycles. The Kier molecular flexibility index (Phi) is 5.51. The number of aliphatic carboxylic acids is 1. The molecule has 3 N–H and O–H groups in total. The number of nitrogens with two attached hydrogens (primary N) is 1. The summed E-state index contributed by atoms with van der Waals surface area (Å²) in [6.07, 6.45) is 0. The lowest BCUT2D eigenvalue weighted by Crippen LogP contribution is -2.34. The molecule has 3 nitrogen and oxygen atoms in total. The number of carboxylic acid groups (broad SMARTS) is 1. The number of carboxylic acids is 1. The van der Waals surface area contributed by atoms with Gasteiger partial charge in [-0.1, -0.05) is 13.8 Å². The molecule has 0 radical (unpaired) electrons. The quantitative estimate of drug-likeness (QED) is 0.466. The zero-order valence-corrected chi connectivity index (χ0v) is 5.09. The Hall–Kier alpha value is -0.505. The van der Waals surface area contributed by atoms with Gasteiger partial charge >= 0.3 is 5.97 Å². The van der Waals surface area contributed by atoms with Crippen LogP contribution in [0.2, 0.25) is 0 Å². The Balaban J connectivity index is 0. The molecular weight excluding hydrogens is 117 g/mol. The summed E-state index contributed by atoms with van der Waals surface area (Å²) in [6, 6.07) is -0.713. The van der Waals surface area contributed by atoms with E-state index in [1.165, 1.54) is 0 Å². The topological polar surface area (TPSA) is 63.3 Å². The molecule has 4 heteroatoms. The first-order chi connectivity index (χ1) is 3.55. The summed E-state index contributed by atoms with van der Waals surface area (Å²) in [5, 5.41) is 8.23. The predicted octanol–water partition coefficient (Wildman–Crippen LogP) is -1.13. The summed E-state index contributed by atoms with van der Waals surface area (Å²) >= 11 is 0. The smallest absolute Gasteiger partial charge is 0.320 e. The first-order valence-corrected chi connectivity index (χ1v) is 2.54. The van der Waals surface area contributed by atoms with Crippen LogP contribution in [0.1, 0.15) is 13.8 Å². The molecule has 0 bridgehead atoms. The summed E-state index contributed by atoms with van der Waals surface area (Å²) in [5.41, 5.74) is 5.16. The summed E-state index contributed by atoms with van der Waals surface area (Å²) in [5.74, 6) is -0.910. The Morgan fingerprint density at radius 1 is 1.56 bits per heavy atom. The van der Waals surface area contributed by atoms with Crippen LogP contribution >= 0.6 is 0 Å². The van der Waals surface area contributed by atoms with E-state index in [-0.39, 0.29) is 14.3 Å². The zero-order chi connectivity index (χ0) is 6.73. The van der Waals surface area contributed by atoms with Crippen LogP contribution in [0.5, 0.6) is 0 Å². The van der Waals surface area contributed by atoms with Crippen molar-refractivity contribution in [3.05, 3.63) is 0 Å². The molecule has 0 aromatic heterocycles. The third kappa shape index (κ3) is 4.03. The van der Waals surface area contributed by atoms with Crippen LogP contribution in [0.4, 0.5) is 0 Å². The molecule has 0 aliphatic rings. The fourth-order valence-electron chi connectivity index (χ4n) is 0.285. The molecule has 0 saturated heterocycles. The molecule has 1 atom stereocenters. The van der Waals surface area contributed by atoms with Gasteiger partial charge in [0, 0.05) is 0 Å². The lowest BCUT2D eigenvalue weighted by Gasteiger charge is -2.07. The molecule has 0 unspecified atom stereocenters. The highest BCUT2D eigenvalue weighted by molar-refractivity contribution is 5.75. The van der Waals surface area contributed by atoms with Gasteiger partial charge in [-0.25, -0.2) is 0 Å². The molecule has 0 rings (SSSR count). The normalized spacial score (nSPS) is 12.4. The van der Waals surface area contributed by atoms with Crippen LogP contribution in [-0.4, -0.2) is 25.5 Å². The maximum Gasteiger partial charge on any atom is 0.320 e. The van der Waals surface area contributed by atoms with Crippen LogP contribution in [0.25, 0.3) is 0 Å². The predicted molar refractivity (Wildman–Crippen MR) is 40.4 cm³/mol. The monoisotopic (exact) mass is 131 g/mol. The van der Waals surface area contributed by atoms with Gasteiger partial charge in [-0.2, -0.15) is 0 Å². The second kappa shape index (κ2) is 4.38. The lowest BCUT2D eigenvalue weighted by molar-refractivity contribution is -0.139. The molecule has 0 aromatic rings. The number of hydrogen-bond donors (Lipinski definition) is 2. The summed E-state index contributed by atoms with van der Waals surface area (Å²) in [6.45, 7) is 3.55. The van der Waals surface area contributed by atoms with Gasteiger partial charge in [0.15, 0.2) is 0 Å². The molecule has 0 aliphatic heterocycles. The SMILES string of the molecule is B.CC(C)[C@H](N)C(=O)O. The van der Waals surface area contributed by atoms with Gasteiger partial charge in [-0.3, -0.25) is 4.79 Å². The highest BCUT2D eigenvalue weighted by Crippen LogP contribution is 1.96. The van der Waals surface area contributed by atoms with E-state index >= 15 is 0 Å². The van der Waals surface area contributed by atoms with Crippen molar-refractivity contribution >= 4 is 14.4 Å². The first-order valence-electron chi connectivity index (χ1n) is 2.54. The average molecular weight is 131 g/mol. The van der Waals surface area contributed by atoms with Crippen molar-refractivity contribution in [1.82, 2.24) is 0 Å². The van der Waals surface area contributed by atoms with E-state index < -0.39 is 12.0 Å². The van der Waals surface area contributed by atoms with E-state index in [1.807, 2.05) is 0 Å². The average Bonchev–Trinajstić information content (AvgIpc) is 1.64. The second-order valence-corrected chi connectivity index (χ2v) is 2.11. The van der Waals surface area contributed by atoms with Crippen LogP contribution in [-0.2, 0) is 4.79 Å². The molecule has 54 valence electrons. The Morgan fingerprint density at radius 2 is 1.89 bits per heavy atom. The van der Waals surface area contributed by atoms with Crippen molar-refractivity contribution in [2.75, 3.05) is 0 Å². The van der Waals surface area contributed by atoms with Crippen molar-refractivity contribution in [3.63, 3.8) is 0 Å². The van der Waals surface area contributed by atoms with Crippen molar-refractivity contribution in [2.45, 2.75) is 19.9 Å². The highest BCUT2D eigenvalue weighted by Gasteiger charge is 2.14. The molecule has 0 spiro atoms. The fourth-order valence-corrected chi connectivity index (χ4v) is 0.285. The fraction of sp³-hybridized carbons (Fsp3) is 0.800. The van der Waals surface area contributed by atoms with Crippen LogP contribution < -0.4 is 5.73 Å². The van der Waals surface area contributed by atoms with Gasteiger partial charge in [0.1, 0.15) is 6.04 Å². The molecule has 0 heterocycles. The first kappa shape index (κ1) is 11.3. The van der Waals surface area contributed by atoms with E-state index in [2.05, 4.69) is 0 Å². The van der Waals surface area contributed by atoms with E-state index in [0.717, 1.165) is 0 Å². The summed E-state index contributed by atoms with van der Waals surface area (Å²) < 4.78 is 0. The molecule has 0 aliphatic carbocycles. The molecular formula is C5H14BNO2. The number of hydrogen-bond acceptors (Lipinski definition) is 2. The maximum absolute atomic E-state index is 10.0. The van der Waals surface area contributed by atoms with E-state index in [1.54, 1.807) is 13.8 Å². The third-order valence-corrected chi connectivity index (χ3v) is 1.00. The van der Waals surface area contributed by atoms with Crippen LogP contribution in [0.3, 0.4) is 0 Å². The summed E-state index contributed by atoms with van der Waals surface area (Å²) in [4.78, 5) is 10.0. The maximum atomic E-state index is 10.0. The van der Waals surface area contributed by atoms with Crippen molar-refractivity contribution in [1.29, 1.82) is 0 Å². The van der Waals surface area contributed by atoms with Gasteiger partial charge in [0.2, 0.25) is 0 Å². The van der Waals surface area contributed by atoms with Gasteiger partial charge < -0.3 is 10.8 Å². The third-order valence-electron chi connectivity index (χ3n) is 1.00. The highest BCUT2D eigenvalue weighted by atomic mass is 16.4. The van der Waals surface area contributed by atoms with Crippen molar-refractivity contribution in [3.8, 4) is 0 Å². The molecule has 0 amide bonds. The standard InChI is InChI=1S/C5H11NO2.BH3/c1-3(2)4(6)5(7)8;/h3-4H,6H2,1-2H3,(H,7,8);1H3/t4-;/m0./s1. The van der Waals surface area contributed by atoms with Crippen LogP contribution in [0, 0.1) is 5.92 Å². The van der Waals surface area contributed by atoms with Gasteiger partial charge in [0.25, 0.3) is 0 Å². The Labute approximate surface area is 56.8 Å². The summed E-state index contributed by atoms with van der Waals surface area (Å²) in [7, 11) is 0. The van der Waals surface area contributed by atoms with Gasteiger partial charge in [-0.05, 0) is 5.92 Å².